The molecule has 1 aliphatic rings. The largest absolute Gasteiger partial charge is 0.497 e. The zero-order valence-electron chi connectivity index (χ0n) is 16.2. The summed E-state index contributed by atoms with van der Waals surface area (Å²) in [5, 5.41) is 0. The van der Waals surface area contributed by atoms with E-state index in [9.17, 15) is 4.79 Å². The molecule has 0 saturated heterocycles. The van der Waals surface area contributed by atoms with E-state index in [2.05, 4.69) is 4.99 Å². The van der Waals surface area contributed by atoms with Crippen LogP contribution in [0.4, 0.5) is 5.69 Å². The molecule has 3 aromatic rings. The summed E-state index contributed by atoms with van der Waals surface area (Å²) in [6.07, 6.45) is 1.76. The predicted octanol–water partition coefficient (Wildman–Crippen LogP) is 4.54. The van der Waals surface area contributed by atoms with Crippen LogP contribution in [-0.2, 0) is 4.79 Å². The maximum Gasteiger partial charge on any atom is 0.282 e. The first-order chi connectivity index (χ1) is 14.2. The van der Waals surface area contributed by atoms with E-state index in [-0.39, 0.29) is 5.91 Å². The van der Waals surface area contributed by atoms with E-state index < -0.39 is 0 Å². The average molecular weight is 384 g/mol. The number of amides is 1. The van der Waals surface area contributed by atoms with Crippen LogP contribution in [0.1, 0.15) is 11.1 Å². The van der Waals surface area contributed by atoms with Crippen LogP contribution in [0.5, 0.6) is 11.5 Å². The molecule has 0 N–H and O–H groups in total. The van der Waals surface area contributed by atoms with Gasteiger partial charge in [-0.25, -0.2) is 4.99 Å². The summed E-state index contributed by atoms with van der Waals surface area (Å²) in [5.74, 6) is 1.80. The Balaban J connectivity index is 1.81. The Morgan fingerprint density at radius 3 is 2.21 bits per heavy atom. The van der Waals surface area contributed by atoms with Gasteiger partial charge in [-0.15, -0.1) is 0 Å². The molecule has 5 heteroatoms. The highest BCUT2D eigenvalue weighted by atomic mass is 16.5. The summed E-state index contributed by atoms with van der Waals surface area (Å²) in [7, 11) is 3.22. The number of benzene rings is 3. The van der Waals surface area contributed by atoms with Gasteiger partial charge >= 0.3 is 0 Å². The van der Waals surface area contributed by atoms with E-state index in [4.69, 9.17) is 9.47 Å². The van der Waals surface area contributed by atoms with Crippen LogP contribution >= 0.6 is 0 Å². The van der Waals surface area contributed by atoms with Crippen molar-refractivity contribution >= 4 is 23.5 Å². The number of methoxy groups -OCH3 is 2. The Kier molecular flexibility index (Phi) is 5.12. The van der Waals surface area contributed by atoms with Crippen LogP contribution < -0.4 is 14.4 Å². The van der Waals surface area contributed by atoms with Crippen LogP contribution in [0.25, 0.3) is 6.08 Å². The molecule has 5 nitrogen and oxygen atoms in total. The van der Waals surface area contributed by atoms with Gasteiger partial charge in [0, 0.05) is 11.1 Å². The number of aliphatic imine (C=N–C) groups is 1. The van der Waals surface area contributed by atoms with E-state index >= 15 is 0 Å². The first-order valence-corrected chi connectivity index (χ1v) is 9.18. The number of hydrogen-bond acceptors (Lipinski definition) is 4. The highest BCUT2D eigenvalue weighted by Crippen LogP contribution is 2.30. The second-order valence-corrected chi connectivity index (χ2v) is 6.41. The van der Waals surface area contributed by atoms with Gasteiger partial charge in [-0.2, -0.15) is 0 Å². The van der Waals surface area contributed by atoms with Crippen molar-refractivity contribution in [2.75, 3.05) is 19.1 Å². The molecule has 0 bridgehead atoms. The molecule has 1 amide bonds. The van der Waals surface area contributed by atoms with Gasteiger partial charge in [0.2, 0.25) is 0 Å². The van der Waals surface area contributed by atoms with Crippen LogP contribution in [-0.4, -0.2) is 26.0 Å². The second-order valence-electron chi connectivity index (χ2n) is 6.41. The Morgan fingerprint density at radius 2 is 1.52 bits per heavy atom. The minimum atomic E-state index is -0.195. The van der Waals surface area contributed by atoms with Gasteiger partial charge in [0.1, 0.15) is 23.0 Å². The molecule has 0 atom stereocenters. The number of carbonyl (C=O) groups excluding carboxylic acids is 1. The highest BCUT2D eigenvalue weighted by Gasteiger charge is 2.32. The number of ether oxygens (including phenoxy) is 2. The van der Waals surface area contributed by atoms with E-state index in [0.717, 1.165) is 22.6 Å². The van der Waals surface area contributed by atoms with Gasteiger partial charge in [0.15, 0.2) is 0 Å². The fourth-order valence-corrected chi connectivity index (χ4v) is 3.20. The number of rotatable bonds is 5. The molecule has 3 aromatic carbocycles. The Hall–Kier alpha value is -3.86. The van der Waals surface area contributed by atoms with Crippen LogP contribution in [0, 0.1) is 0 Å². The number of anilines is 1. The number of hydrogen-bond donors (Lipinski definition) is 0. The van der Waals surface area contributed by atoms with E-state index in [1.807, 2.05) is 78.9 Å². The third-order valence-corrected chi connectivity index (χ3v) is 4.65. The Morgan fingerprint density at radius 1 is 0.828 bits per heavy atom. The molecule has 144 valence electrons. The molecule has 0 unspecified atom stereocenters. The van der Waals surface area contributed by atoms with Crippen molar-refractivity contribution < 1.29 is 14.3 Å². The molecule has 1 heterocycles. The Bertz CT molecular complexity index is 1090. The normalized spacial score (nSPS) is 14.8. The maximum atomic E-state index is 13.3. The quantitative estimate of drug-likeness (QED) is 0.607. The zero-order valence-corrected chi connectivity index (χ0v) is 16.2. The van der Waals surface area contributed by atoms with Gasteiger partial charge in [-0.3, -0.25) is 9.69 Å². The topological polar surface area (TPSA) is 51.1 Å². The van der Waals surface area contributed by atoms with Crippen molar-refractivity contribution in [3.63, 3.8) is 0 Å². The molecule has 0 spiro atoms. The van der Waals surface area contributed by atoms with Crippen molar-refractivity contribution in [2.24, 2.45) is 4.99 Å². The van der Waals surface area contributed by atoms with Crippen molar-refractivity contribution in [1.82, 2.24) is 0 Å². The summed E-state index contributed by atoms with van der Waals surface area (Å²) >= 11 is 0. The SMILES string of the molecule is COc1ccc(N2C(=O)/C(=C\c3ccccc3OC)N=C2c2ccccc2)cc1. The molecule has 0 saturated carbocycles. The van der Waals surface area contributed by atoms with Gasteiger partial charge in [-0.1, -0.05) is 48.5 Å². The fraction of sp³-hybridized carbons (Fsp3) is 0.0833. The minimum Gasteiger partial charge on any atom is -0.497 e. The first-order valence-electron chi connectivity index (χ1n) is 9.18. The third-order valence-electron chi connectivity index (χ3n) is 4.65. The van der Waals surface area contributed by atoms with Crippen LogP contribution in [0.2, 0.25) is 0 Å². The highest BCUT2D eigenvalue weighted by molar-refractivity contribution is 6.33. The first kappa shape index (κ1) is 18.5. The van der Waals surface area contributed by atoms with Gasteiger partial charge in [-0.05, 0) is 36.4 Å². The smallest absolute Gasteiger partial charge is 0.282 e. The lowest BCUT2D eigenvalue weighted by Crippen LogP contribution is -2.32. The van der Waals surface area contributed by atoms with Gasteiger partial charge in [0.25, 0.3) is 5.91 Å². The number of amidine groups is 1. The lowest BCUT2D eigenvalue weighted by Gasteiger charge is -2.18. The molecule has 0 fully saturated rings. The summed E-state index contributed by atoms with van der Waals surface area (Å²) < 4.78 is 10.6. The summed E-state index contributed by atoms with van der Waals surface area (Å²) in [4.78, 5) is 19.6. The lowest BCUT2D eigenvalue weighted by atomic mass is 10.1. The maximum absolute atomic E-state index is 13.3. The summed E-state index contributed by atoms with van der Waals surface area (Å²) in [5.41, 5.74) is 2.73. The molecule has 1 aliphatic heterocycles. The van der Waals surface area contributed by atoms with E-state index in [0.29, 0.717) is 17.3 Å². The summed E-state index contributed by atoms with van der Waals surface area (Å²) in [6, 6.07) is 24.6. The molecular formula is C24H20N2O3. The third kappa shape index (κ3) is 3.62. The Labute approximate surface area is 169 Å². The monoisotopic (exact) mass is 384 g/mol. The lowest BCUT2D eigenvalue weighted by molar-refractivity contribution is -0.113. The van der Waals surface area contributed by atoms with E-state index in [1.54, 1.807) is 25.2 Å². The fourth-order valence-electron chi connectivity index (χ4n) is 3.20. The molecule has 0 aromatic heterocycles. The van der Waals surface area contributed by atoms with Crippen LogP contribution in [0.3, 0.4) is 0 Å². The standard InChI is InChI=1S/C24H20N2O3/c1-28-20-14-12-19(13-15-20)26-23(17-8-4-3-5-9-17)25-21(24(26)27)16-18-10-6-7-11-22(18)29-2/h3-16H,1-2H3/b21-16+. The molecule has 4 rings (SSSR count). The number of para-hydroxylation sites is 1. The minimum absolute atomic E-state index is 0.195. The molecule has 0 aliphatic carbocycles. The number of nitrogens with zero attached hydrogens (tertiary/aromatic N) is 2. The molecule has 0 radical (unpaired) electrons. The van der Waals surface area contributed by atoms with Crippen molar-refractivity contribution in [1.29, 1.82) is 0 Å². The van der Waals surface area contributed by atoms with Crippen molar-refractivity contribution in [3.8, 4) is 11.5 Å². The second kappa shape index (κ2) is 8.02. The van der Waals surface area contributed by atoms with Crippen LogP contribution in [0.15, 0.2) is 89.6 Å². The average Bonchev–Trinajstić information content (AvgIpc) is 3.11. The van der Waals surface area contributed by atoms with Crippen molar-refractivity contribution in [3.05, 3.63) is 95.7 Å². The summed E-state index contributed by atoms with van der Waals surface area (Å²) in [6.45, 7) is 0. The number of carbonyl (C=O) groups is 1. The molecular weight excluding hydrogens is 364 g/mol. The zero-order chi connectivity index (χ0) is 20.2. The predicted molar refractivity (Wildman–Crippen MR) is 114 cm³/mol. The van der Waals surface area contributed by atoms with E-state index in [1.165, 1.54) is 0 Å². The molecule has 29 heavy (non-hydrogen) atoms. The van der Waals surface area contributed by atoms with Gasteiger partial charge in [0.05, 0.1) is 19.9 Å². The van der Waals surface area contributed by atoms with Gasteiger partial charge < -0.3 is 9.47 Å². The van der Waals surface area contributed by atoms with Crippen molar-refractivity contribution in [2.45, 2.75) is 0 Å².